The Balaban J connectivity index is 1.44. The number of methoxy groups -OCH3 is 1. The number of anilines is 2. The average Bonchev–Trinajstić information content (AvgIpc) is 3.53. The van der Waals surface area contributed by atoms with Gasteiger partial charge in [0, 0.05) is 54.4 Å². The van der Waals surface area contributed by atoms with Crippen LogP contribution in [0.5, 0.6) is 11.9 Å². The van der Waals surface area contributed by atoms with Gasteiger partial charge in [0.05, 0.1) is 12.7 Å². The predicted octanol–water partition coefficient (Wildman–Crippen LogP) is 4.06. The van der Waals surface area contributed by atoms with Gasteiger partial charge in [0.1, 0.15) is 41.0 Å². The Morgan fingerprint density at radius 2 is 1.86 bits per heavy atom. The van der Waals surface area contributed by atoms with E-state index in [1.165, 1.54) is 25.3 Å². The van der Waals surface area contributed by atoms with Crippen LogP contribution in [0.3, 0.4) is 0 Å². The van der Waals surface area contributed by atoms with Gasteiger partial charge in [-0.2, -0.15) is 9.97 Å². The standard InChI is InChI=1S/C32H32F3N7O2/c1-4-22-24(34)8-5-16-9-18(36)11-23(25(16)22)28-27(35)29-26(31(38-28)43-3)30(42-13-19-6-7-20(14-42)37-19)40-32(39-29)44-15-21-10-17(33)12-41(21)2/h1,5,8-9,11,17,19-21,37H,6-7,10,12-15,36H2,2-3H3/t17-,19?,20?,21-/m0/s1. The summed E-state index contributed by atoms with van der Waals surface area (Å²) in [6, 6.07) is 6.24. The maximum absolute atomic E-state index is 16.9. The number of nitrogens with zero attached hydrogens (tertiary/aromatic N) is 5. The van der Waals surface area contributed by atoms with Gasteiger partial charge in [0.25, 0.3) is 0 Å². The van der Waals surface area contributed by atoms with Crippen LogP contribution in [0.25, 0.3) is 32.9 Å². The number of terminal acetylenes is 1. The molecule has 2 aromatic heterocycles. The highest BCUT2D eigenvalue weighted by molar-refractivity contribution is 6.04. The second kappa shape index (κ2) is 11.0. The molecule has 5 heterocycles. The number of aromatic nitrogens is 3. The fourth-order valence-electron chi connectivity index (χ4n) is 6.86. The van der Waals surface area contributed by atoms with E-state index in [1.807, 2.05) is 11.9 Å². The van der Waals surface area contributed by atoms with Gasteiger partial charge >= 0.3 is 6.01 Å². The summed E-state index contributed by atoms with van der Waals surface area (Å²) in [6.07, 6.45) is 7.13. The molecule has 3 aliphatic rings. The van der Waals surface area contributed by atoms with Crippen molar-refractivity contribution in [1.82, 2.24) is 25.2 Å². The molecule has 3 fully saturated rings. The number of hydrogen-bond acceptors (Lipinski definition) is 9. The van der Waals surface area contributed by atoms with Crippen LogP contribution in [-0.2, 0) is 0 Å². The minimum absolute atomic E-state index is 0.0340. The number of nitrogen functional groups attached to an aromatic ring is 1. The molecule has 44 heavy (non-hydrogen) atoms. The lowest BCUT2D eigenvalue weighted by atomic mass is 9.95. The van der Waals surface area contributed by atoms with E-state index in [1.54, 1.807) is 6.07 Å². The summed E-state index contributed by atoms with van der Waals surface area (Å²) < 4.78 is 57.6. The Hall–Kier alpha value is -4.34. The maximum Gasteiger partial charge on any atom is 0.319 e. The van der Waals surface area contributed by atoms with E-state index in [4.69, 9.17) is 26.6 Å². The monoisotopic (exact) mass is 603 g/mol. The van der Waals surface area contributed by atoms with E-state index < -0.39 is 17.8 Å². The smallest absolute Gasteiger partial charge is 0.319 e. The molecule has 0 radical (unpaired) electrons. The van der Waals surface area contributed by atoms with E-state index in [-0.39, 0.29) is 59.0 Å². The van der Waals surface area contributed by atoms with Crippen LogP contribution in [0, 0.1) is 24.0 Å². The molecular formula is C32H32F3N7O2. The number of benzene rings is 2. The zero-order chi connectivity index (χ0) is 30.7. The minimum atomic E-state index is -0.945. The Morgan fingerprint density at radius 3 is 2.55 bits per heavy atom. The number of nitrogens with two attached hydrogens (primary N) is 1. The highest BCUT2D eigenvalue weighted by Gasteiger charge is 2.36. The van der Waals surface area contributed by atoms with Crippen molar-refractivity contribution in [3.63, 3.8) is 0 Å². The topological polar surface area (TPSA) is 102 Å². The van der Waals surface area contributed by atoms with Gasteiger partial charge in [-0.1, -0.05) is 12.0 Å². The predicted molar refractivity (Wildman–Crippen MR) is 163 cm³/mol. The molecule has 0 amide bonds. The van der Waals surface area contributed by atoms with E-state index in [2.05, 4.69) is 26.1 Å². The largest absolute Gasteiger partial charge is 0.480 e. The van der Waals surface area contributed by atoms with Crippen molar-refractivity contribution in [2.45, 2.75) is 43.6 Å². The molecule has 0 saturated carbocycles. The van der Waals surface area contributed by atoms with Crippen molar-refractivity contribution in [1.29, 1.82) is 0 Å². The molecule has 228 valence electrons. The van der Waals surface area contributed by atoms with Gasteiger partial charge in [-0.3, -0.25) is 4.90 Å². The molecule has 7 rings (SSSR count). The number of pyridine rings is 1. The first-order chi connectivity index (χ1) is 21.2. The van der Waals surface area contributed by atoms with Crippen molar-refractivity contribution in [2.75, 3.05) is 51.0 Å². The molecule has 9 nitrogen and oxygen atoms in total. The SMILES string of the molecule is C#Cc1c(F)ccc2cc(N)cc(-c3nc(OC)c4c(N5CC6CCC(C5)N6)nc(OC[C@@H]5C[C@H](F)CN5C)nc4c3F)c12. The average molecular weight is 604 g/mol. The number of fused-ring (bicyclic) bond motifs is 4. The van der Waals surface area contributed by atoms with Crippen molar-refractivity contribution < 1.29 is 22.6 Å². The second-order valence-electron chi connectivity index (χ2n) is 11.9. The minimum Gasteiger partial charge on any atom is -0.480 e. The van der Waals surface area contributed by atoms with Gasteiger partial charge in [-0.05, 0) is 49.9 Å². The number of piperazine rings is 1. The first kappa shape index (κ1) is 28.4. The van der Waals surface area contributed by atoms with Crippen LogP contribution in [-0.4, -0.2) is 84.5 Å². The van der Waals surface area contributed by atoms with E-state index in [9.17, 15) is 8.78 Å². The van der Waals surface area contributed by atoms with Crippen molar-refractivity contribution in [3.05, 3.63) is 41.5 Å². The molecule has 2 unspecified atom stereocenters. The molecule has 2 bridgehead atoms. The Kier molecular flexibility index (Phi) is 7.10. The Labute approximate surface area is 252 Å². The third-order valence-electron chi connectivity index (χ3n) is 8.95. The summed E-state index contributed by atoms with van der Waals surface area (Å²) in [6.45, 7) is 1.75. The van der Waals surface area contributed by atoms with Crippen molar-refractivity contribution in [2.24, 2.45) is 0 Å². The number of likely N-dealkylation sites (tertiary alicyclic amines) is 1. The molecule has 0 spiro atoms. The lowest BCUT2D eigenvalue weighted by Gasteiger charge is -2.34. The maximum atomic E-state index is 16.9. The Morgan fingerprint density at radius 1 is 1.09 bits per heavy atom. The van der Waals surface area contributed by atoms with Crippen LogP contribution in [0.15, 0.2) is 24.3 Å². The van der Waals surface area contributed by atoms with Crippen LogP contribution < -0.4 is 25.4 Å². The zero-order valence-electron chi connectivity index (χ0n) is 24.4. The van der Waals surface area contributed by atoms with Gasteiger partial charge < -0.3 is 25.4 Å². The Bertz CT molecular complexity index is 1820. The number of ether oxygens (including phenoxy) is 2. The quantitative estimate of drug-likeness (QED) is 0.250. The first-order valence-electron chi connectivity index (χ1n) is 14.7. The summed E-state index contributed by atoms with van der Waals surface area (Å²) in [5.74, 6) is 1.51. The highest BCUT2D eigenvalue weighted by atomic mass is 19.1. The molecule has 4 atom stereocenters. The van der Waals surface area contributed by atoms with Crippen molar-refractivity contribution >= 4 is 33.2 Å². The summed E-state index contributed by atoms with van der Waals surface area (Å²) in [7, 11) is 3.27. The van der Waals surface area contributed by atoms with E-state index in [0.717, 1.165) is 12.8 Å². The zero-order valence-corrected chi connectivity index (χ0v) is 24.4. The van der Waals surface area contributed by atoms with Gasteiger partial charge in [0.15, 0.2) is 5.82 Å². The molecule has 4 aromatic rings. The summed E-state index contributed by atoms with van der Waals surface area (Å²) in [5, 5.41) is 4.72. The van der Waals surface area contributed by atoms with Crippen molar-refractivity contribution in [3.8, 4) is 35.5 Å². The summed E-state index contributed by atoms with van der Waals surface area (Å²) >= 11 is 0. The first-order valence-corrected chi connectivity index (χ1v) is 14.7. The van der Waals surface area contributed by atoms with E-state index >= 15 is 4.39 Å². The molecule has 0 aliphatic carbocycles. The van der Waals surface area contributed by atoms with Crippen LogP contribution in [0.2, 0.25) is 0 Å². The summed E-state index contributed by atoms with van der Waals surface area (Å²) in [4.78, 5) is 17.8. The third-order valence-corrected chi connectivity index (χ3v) is 8.95. The van der Waals surface area contributed by atoms with Gasteiger partial charge in [0.2, 0.25) is 5.88 Å². The molecular weight excluding hydrogens is 571 g/mol. The second-order valence-corrected chi connectivity index (χ2v) is 11.9. The number of hydrogen-bond donors (Lipinski definition) is 2. The number of nitrogens with one attached hydrogen (secondary N) is 1. The van der Waals surface area contributed by atoms with Gasteiger partial charge in [-0.15, -0.1) is 6.42 Å². The normalized spacial score (nSPS) is 23.4. The molecule has 3 N–H and O–H groups in total. The van der Waals surface area contributed by atoms with Crippen LogP contribution in [0.4, 0.5) is 24.7 Å². The van der Waals surface area contributed by atoms with Crippen LogP contribution >= 0.6 is 0 Å². The fraction of sp³-hybridized carbons (Fsp3) is 0.406. The fourth-order valence-corrected chi connectivity index (χ4v) is 6.86. The molecule has 12 heteroatoms. The number of halogens is 3. The molecule has 3 saturated heterocycles. The van der Waals surface area contributed by atoms with E-state index in [0.29, 0.717) is 53.7 Å². The molecule has 2 aromatic carbocycles. The van der Waals surface area contributed by atoms with Gasteiger partial charge in [-0.25, -0.2) is 18.2 Å². The number of rotatable bonds is 6. The number of likely N-dealkylation sites (N-methyl/N-ethyl adjacent to an activating group) is 1. The van der Waals surface area contributed by atoms with Crippen LogP contribution in [0.1, 0.15) is 24.8 Å². The molecule has 3 aliphatic heterocycles. The number of alkyl halides is 1. The third kappa shape index (κ3) is 4.80. The summed E-state index contributed by atoms with van der Waals surface area (Å²) in [5.41, 5.74) is 6.47. The lowest BCUT2D eigenvalue weighted by Crippen LogP contribution is -2.51. The highest BCUT2D eigenvalue weighted by Crippen LogP contribution is 2.42. The lowest BCUT2D eigenvalue weighted by molar-refractivity contribution is 0.188.